The van der Waals surface area contributed by atoms with Crippen LogP contribution in [0.4, 0.5) is 0 Å². The third-order valence-corrected chi connectivity index (χ3v) is 4.80. The fourth-order valence-corrected chi connectivity index (χ4v) is 2.86. The fourth-order valence-electron chi connectivity index (χ4n) is 2.86. The van der Waals surface area contributed by atoms with Crippen LogP contribution in [-0.4, -0.2) is 18.5 Å². The molecule has 1 aromatic rings. The predicted octanol–water partition coefficient (Wildman–Crippen LogP) is 6.06. The summed E-state index contributed by atoms with van der Waals surface area (Å²) in [4.78, 5) is 23.5. The summed E-state index contributed by atoms with van der Waals surface area (Å²) in [6.07, 6.45) is 10.2. The summed E-state index contributed by atoms with van der Waals surface area (Å²) in [7, 11) is 0. The minimum atomic E-state index is -0.158. The molecule has 0 spiro atoms. The molecule has 0 amide bonds. The molecule has 0 unspecified atom stereocenters. The monoisotopic (exact) mass is 376 g/mol. The summed E-state index contributed by atoms with van der Waals surface area (Å²) in [5.74, 6) is 0.441. The lowest BCUT2D eigenvalue weighted by Gasteiger charge is -2.09. The minimum absolute atomic E-state index is 0.0692. The van der Waals surface area contributed by atoms with Gasteiger partial charge in [0.25, 0.3) is 0 Å². The molecular formula is C23H36O4. The largest absolute Gasteiger partial charge is 0.466 e. The molecule has 4 heteroatoms. The lowest BCUT2D eigenvalue weighted by atomic mass is 10.1. The van der Waals surface area contributed by atoms with Gasteiger partial charge in [0.2, 0.25) is 0 Å². The van der Waals surface area contributed by atoms with Crippen molar-refractivity contribution in [2.75, 3.05) is 6.61 Å². The van der Waals surface area contributed by atoms with Crippen LogP contribution in [0.15, 0.2) is 18.2 Å². The third kappa shape index (κ3) is 10.8. The van der Waals surface area contributed by atoms with Crippen molar-refractivity contribution >= 4 is 11.9 Å². The molecule has 0 aliphatic carbocycles. The number of carbonyl (C=O) groups is 2. The van der Waals surface area contributed by atoms with Crippen LogP contribution in [0.3, 0.4) is 0 Å². The topological polar surface area (TPSA) is 52.6 Å². The number of hydrogen-bond acceptors (Lipinski definition) is 4. The molecule has 0 aliphatic heterocycles. The summed E-state index contributed by atoms with van der Waals surface area (Å²) in [5, 5.41) is 0. The molecule has 0 radical (unpaired) electrons. The zero-order valence-corrected chi connectivity index (χ0v) is 17.4. The van der Waals surface area contributed by atoms with E-state index < -0.39 is 0 Å². The second-order valence-corrected chi connectivity index (χ2v) is 7.22. The van der Waals surface area contributed by atoms with E-state index in [1.54, 1.807) is 0 Å². The highest BCUT2D eigenvalue weighted by atomic mass is 16.5. The normalized spacial score (nSPS) is 10.6. The number of hydrogen-bond donors (Lipinski definition) is 0. The quantitative estimate of drug-likeness (QED) is 0.225. The van der Waals surface area contributed by atoms with Gasteiger partial charge < -0.3 is 9.47 Å². The Morgan fingerprint density at radius 1 is 0.815 bits per heavy atom. The Morgan fingerprint density at radius 2 is 1.44 bits per heavy atom. The van der Waals surface area contributed by atoms with Gasteiger partial charge in [0.15, 0.2) is 0 Å². The number of aryl methyl sites for hydroxylation is 1. The predicted molar refractivity (Wildman–Crippen MR) is 109 cm³/mol. The fraction of sp³-hybridized carbons (Fsp3) is 0.652. The van der Waals surface area contributed by atoms with Crippen LogP contribution < -0.4 is 4.74 Å². The second-order valence-electron chi connectivity index (χ2n) is 7.22. The van der Waals surface area contributed by atoms with Gasteiger partial charge in [-0.3, -0.25) is 9.59 Å². The lowest BCUT2D eigenvalue weighted by molar-refractivity contribution is -0.144. The maximum atomic E-state index is 11.9. The average molecular weight is 377 g/mol. The number of carbonyl (C=O) groups excluding carboxylic acids is 2. The Morgan fingerprint density at radius 3 is 2.11 bits per heavy atom. The van der Waals surface area contributed by atoms with Crippen molar-refractivity contribution in [1.82, 2.24) is 0 Å². The number of benzene rings is 1. The van der Waals surface area contributed by atoms with E-state index in [0.717, 1.165) is 68.9 Å². The Hall–Kier alpha value is -1.84. The SMILES string of the molecule is CCCCCOC(=O)CCCCCCCCC(=O)Oc1cccc(C)c1C. The van der Waals surface area contributed by atoms with Crippen molar-refractivity contribution in [3.63, 3.8) is 0 Å². The zero-order chi connectivity index (χ0) is 19.9. The lowest BCUT2D eigenvalue weighted by Crippen LogP contribution is -2.08. The van der Waals surface area contributed by atoms with Crippen molar-refractivity contribution in [2.45, 2.75) is 91.4 Å². The smallest absolute Gasteiger partial charge is 0.311 e. The molecule has 0 N–H and O–H groups in total. The number of ether oxygens (including phenoxy) is 2. The standard InChI is InChI=1S/C23H36O4/c1-4-5-12-18-26-22(24)16-10-8-6-7-9-11-17-23(25)27-21-15-13-14-19(2)20(21)3/h13-15H,4-12,16-18H2,1-3H3. The van der Waals surface area contributed by atoms with Gasteiger partial charge in [-0.25, -0.2) is 0 Å². The van der Waals surface area contributed by atoms with Gasteiger partial charge in [-0.05, 0) is 50.3 Å². The van der Waals surface area contributed by atoms with Crippen LogP contribution >= 0.6 is 0 Å². The van der Waals surface area contributed by atoms with E-state index >= 15 is 0 Å². The molecule has 0 bridgehead atoms. The highest BCUT2D eigenvalue weighted by molar-refractivity contribution is 5.72. The molecule has 27 heavy (non-hydrogen) atoms. The third-order valence-electron chi connectivity index (χ3n) is 4.80. The maximum absolute atomic E-state index is 11.9. The van der Waals surface area contributed by atoms with E-state index in [4.69, 9.17) is 9.47 Å². The van der Waals surface area contributed by atoms with E-state index in [1.165, 1.54) is 0 Å². The van der Waals surface area contributed by atoms with Crippen molar-refractivity contribution in [3.05, 3.63) is 29.3 Å². The Kier molecular flexibility index (Phi) is 12.2. The Labute approximate surface area is 164 Å². The van der Waals surface area contributed by atoms with Crippen LogP contribution in [0, 0.1) is 13.8 Å². The van der Waals surface area contributed by atoms with E-state index in [9.17, 15) is 9.59 Å². The number of esters is 2. The molecule has 0 saturated heterocycles. The van der Waals surface area contributed by atoms with E-state index in [-0.39, 0.29) is 11.9 Å². The van der Waals surface area contributed by atoms with Gasteiger partial charge in [0.05, 0.1) is 6.61 Å². The summed E-state index contributed by atoms with van der Waals surface area (Å²) in [5.41, 5.74) is 2.15. The maximum Gasteiger partial charge on any atom is 0.311 e. The minimum Gasteiger partial charge on any atom is -0.466 e. The van der Waals surface area contributed by atoms with Crippen molar-refractivity contribution in [1.29, 1.82) is 0 Å². The molecule has 1 aromatic carbocycles. The number of unbranched alkanes of at least 4 members (excludes halogenated alkanes) is 7. The first-order chi connectivity index (χ1) is 13.0. The van der Waals surface area contributed by atoms with Gasteiger partial charge >= 0.3 is 11.9 Å². The molecule has 0 heterocycles. The van der Waals surface area contributed by atoms with Gasteiger partial charge in [-0.15, -0.1) is 0 Å². The van der Waals surface area contributed by atoms with Crippen molar-refractivity contribution in [3.8, 4) is 5.75 Å². The molecule has 152 valence electrons. The number of rotatable bonds is 14. The molecule has 0 aromatic heterocycles. The van der Waals surface area contributed by atoms with E-state index in [1.807, 2.05) is 32.0 Å². The molecular weight excluding hydrogens is 340 g/mol. The second kappa shape index (κ2) is 14.2. The first-order valence-corrected chi connectivity index (χ1v) is 10.5. The van der Waals surface area contributed by atoms with Crippen molar-refractivity contribution < 1.29 is 19.1 Å². The summed E-state index contributed by atoms with van der Waals surface area (Å²) < 4.78 is 10.6. The van der Waals surface area contributed by atoms with Gasteiger partial charge in [-0.1, -0.05) is 57.6 Å². The van der Waals surface area contributed by atoms with Crippen LogP contribution in [-0.2, 0) is 14.3 Å². The van der Waals surface area contributed by atoms with Gasteiger partial charge in [0, 0.05) is 12.8 Å². The molecule has 1 rings (SSSR count). The zero-order valence-electron chi connectivity index (χ0n) is 17.4. The molecule has 0 fully saturated rings. The first-order valence-electron chi connectivity index (χ1n) is 10.5. The Bertz CT molecular complexity index is 565. The summed E-state index contributed by atoms with van der Waals surface area (Å²) in [6.45, 7) is 6.68. The van der Waals surface area contributed by atoms with Crippen LogP contribution in [0.2, 0.25) is 0 Å². The van der Waals surface area contributed by atoms with Gasteiger partial charge in [-0.2, -0.15) is 0 Å². The average Bonchev–Trinajstić information content (AvgIpc) is 2.65. The van der Waals surface area contributed by atoms with Crippen LogP contribution in [0.25, 0.3) is 0 Å². The summed E-state index contributed by atoms with van der Waals surface area (Å²) in [6, 6.07) is 5.76. The molecule has 0 saturated carbocycles. The van der Waals surface area contributed by atoms with Crippen molar-refractivity contribution in [2.24, 2.45) is 0 Å². The van der Waals surface area contributed by atoms with Crippen LogP contribution in [0.5, 0.6) is 5.75 Å². The molecule has 0 atom stereocenters. The Balaban J connectivity index is 1.98. The molecule has 0 aliphatic rings. The highest BCUT2D eigenvalue weighted by Gasteiger charge is 2.08. The molecule has 4 nitrogen and oxygen atoms in total. The van der Waals surface area contributed by atoms with Crippen LogP contribution in [0.1, 0.15) is 88.7 Å². The highest BCUT2D eigenvalue weighted by Crippen LogP contribution is 2.21. The van der Waals surface area contributed by atoms with Gasteiger partial charge in [0.1, 0.15) is 5.75 Å². The van der Waals surface area contributed by atoms with E-state index in [2.05, 4.69) is 6.92 Å². The first kappa shape index (κ1) is 23.2. The summed E-state index contributed by atoms with van der Waals surface area (Å²) >= 11 is 0. The van der Waals surface area contributed by atoms with E-state index in [0.29, 0.717) is 25.2 Å².